The highest BCUT2D eigenvalue weighted by atomic mass is 35.5. The van der Waals surface area contributed by atoms with Gasteiger partial charge >= 0.3 is 5.97 Å². The minimum absolute atomic E-state index is 0.373. The second kappa shape index (κ2) is 9.18. The second-order valence-corrected chi connectivity index (χ2v) is 7.38. The van der Waals surface area contributed by atoms with Crippen molar-refractivity contribution >= 4 is 46.5 Å². The molecule has 6 heteroatoms. The molecule has 0 atom stereocenters. The summed E-state index contributed by atoms with van der Waals surface area (Å²) in [5, 5.41) is 1.32. The van der Waals surface area contributed by atoms with Gasteiger partial charge in [-0.05, 0) is 29.8 Å². The number of esters is 1. The van der Waals surface area contributed by atoms with Crippen molar-refractivity contribution in [2.24, 2.45) is 0 Å². The minimum Gasteiger partial charge on any atom is -0.465 e. The lowest BCUT2D eigenvalue weighted by atomic mass is 10.1. The number of rotatable bonds is 6. The smallest absolute Gasteiger partial charge is 0.339 e. The summed E-state index contributed by atoms with van der Waals surface area (Å²) in [5.41, 5.74) is 2.28. The molecule has 2 rings (SSSR count). The van der Waals surface area contributed by atoms with Gasteiger partial charge in [-0.25, -0.2) is 4.79 Å². The quantitative estimate of drug-likeness (QED) is 0.374. The monoisotopic (exact) mass is 395 g/mol. The topological polar surface area (TPSA) is 29.5 Å². The molecule has 3 nitrogen and oxygen atoms in total. The van der Waals surface area contributed by atoms with Crippen LogP contribution in [-0.2, 0) is 15.3 Å². The minimum atomic E-state index is -0.373. The van der Waals surface area contributed by atoms with Crippen LogP contribution in [0.25, 0.3) is 5.57 Å². The molecule has 0 spiro atoms. The zero-order valence-electron chi connectivity index (χ0n) is 14.3. The Bertz CT molecular complexity index is 791. The van der Waals surface area contributed by atoms with Crippen LogP contribution in [0.4, 0.5) is 0 Å². The van der Waals surface area contributed by atoms with Crippen LogP contribution in [0.1, 0.15) is 11.1 Å². The molecule has 0 saturated heterocycles. The zero-order chi connectivity index (χ0) is 18.4. The van der Waals surface area contributed by atoms with E-state index in [1.807, 2.05) is 49.3 Å². The Balaban J connectivity index is 2.34. The Morgan fingerprint density at radius 2 is 1.92 bits per heavy atom. The molecule has 0 bridgehead atoms. The lowest BCUT2D eigenvalue weighted by Gasteiger charge is -2.14. The number of carbonyl (C=O) groups is 1. The number of benzene rings is 2. The SMILES string of the molecule is COC(=O)C(=CN(C)C)c1ccccc1SCc1cc(Cl)ccc1Cl. The van der Waals surface area contributed by atoms with Crippen molar-refractivity contribution in [1.29, 1.82) is 0 Å². The molecular formula is C19H19Cl2NO2S. The molecule has 132 valence electrons. The van der Waals surface area contributed by atoms with Crippen LogP contribution in [0.3, 0.4) is 0 Å². The van der Waals surface area contributed by atoms with E-state index in [9.17, 15) is 4.79 Å². The highest BCUT2D eigenvalue weighted by Gasteiger charge is 2.17. The van der Waals surface area contributed by atoms with Gasteiger partial charge in [0.2, 0.25) is 0 Å². The molecule has 0 heterocycles. The summed E-state index contributed by atoms with van der Waals surface area (Å²) in [5.74, 6) is 0.273. The maximum atomic E-state index is 12.2. The van der Waals surface area contributed by atoms with E-state index in [1.54, 1.807) is 30.1 Å². The molecule has 2 aromatic carbocycles. The van der Waals surface area contributed by atoms with Crippen LogP contribution >= 0.6 is 35.0 Å². The summed E-state index contributed by atoms with van der Waals surface area (Å²) in [6.45, 7) is 0. The van der Waals surface area contributed by atoms with Gasteiger partial charge in [0, 0.05) is 46.6 Å². The van der Waals surface area contributed by atoms with Gasteiger partial charge in [0.05, 0.1) is 12.7 Å². The lowest BCUT2D eigenvalue weighted by molar-refractivity contribution is -0.133. The van der Waals surface area contributed by atoms with Crippen LogP contribution in [-0.4, -0.2) is 32.1 Å². The number of ether oxygens (including phenoxy) is 1. The molecule has 0 saturated carbocycles. The van der Waals surface area contributed by atoms with Gasteiger partial charge in [-0.3, -0.25) is 0 Å². The summed E-state index contributed by atoms with van der Waals surface area (Å²) >= 11 is 13.9. The highest BCUT2D eigenvalue weighted by molar-refractivity contribution is 7.98. The Morgan fingerprint density at radius 1 is 1.20 bits per heavy atom. The van der Waals surface area contributed by atoms with Crippen molar-refractivity contribution in [3.8, 4) is 0 Å². The third kappa shape index (κ3) is 5.43. The molecule has 0 amide bonds. The molecule has 0 aliphatic heterocycles. The molecule has 0 aliphatic carbocycles. The Hall–Kier alpha value is -1.62. The molecule has 0 N–H and O–H groups in total. The zero-order valence-corrected chi connectivity index (χ0v) is 16.6. The van der Waals surface area contributed by atoms with Crippen molar-refractivity contribution in [3.05, 3.63) is 69.8 Å². The number of carbonyl (C=O) groups excluding carboxylic acids is 1. The fourth-order valence-electron chi connectivity index (χ4n) is 2.22. The Morgan fingerprint density at radius 3 is 2.60 bits per heavy atom. The molecule has 25 heavy (non-hydrogen) atoms. The highest BCUT2D eigenvalue weighted by Crippen LogP contribution is 2.33. The van der Waals surface area contributed by atoms with E-state index in [1.165, 1.54) is 7.11 Å². The normalized spacial score (nSPS) is 11.3. The predicted molar refractivity (Wildman–Crippen MR) is 106 cm³/mol. The average Bonchev–Trinajstić information content (AvgIpc) is 2.60. The first kappa shape index (κ1) is 19.7. The summed E-state index contributed by atoms with van der Waals surface area (Å²) in [6, 6.07) is 13.1. The van der Waals surface area contributed by atoms with Crippen molar-refractivity contribution in [2.75, 3.05) is 21.2 Å². The first-order valence-corrected chi connectivity index (χ1v) is 9.29. The van der Waals surface area contributed by atoms with E-state index in [-0.39, 0.29) is 5.97 Å². The van der Waals surface area contributed by atoms with Crippen LogP contribution in [0.2, 0.25) is 10.0 Å². The molecular weight excluding hydrogens is 377 g/mol. The van der Waals surface area contributed by atoms with Crippen LogP contribution in [0, 0.1) is 0 Å². The van der Waals surface area contributed by atoms with Crippen molar-refractivity contribution in [3.63, 3.8) is 0 Å². The molecule has 0 unspecified atom stereocenters. The van der Waals surface area contributed by atoms with Crippen LogP contribution in [0.5, 0.6) is 0 Å². The average molecular weight is 396 g/mol. The molecule has 0 radical (unpaired) electrons. The van der Waals surface area contributed by atoms with E-state index < -0.39 is 0 Å². The van der Waals surface area contributed by atoms with E-state index in [4.69, 9.17) is 27.9 Å². The van der Waals surface area contributed by atoms with Gasteiger partial charge in [0.25, 0.3) is 0 Å². The van der Waals surface area contributed by atoms with E-state index in [0.29, 0.717) is 21.4 Å². The number of hydrogen-bond acceptors (Lipinski definition) is 4. The van der Waals surface area contributed by atoms with Crippen molar-refractivity contribution in [2.45, 2.75) is 10.6 Å². The number of halogens is 2. The third-order valence-corrected chi connectivity index (χ3v) is 5.09. The van der Waals surface area contributed by atoms with Gasteiger partial charge in [0.15, 0.2) is 0 Å². The standard InChI is InChI=1S/C19H19Cl2NO2S/c1-22(2)11-16(19(23)24-3)15-6-4-5-7-18(15)25-12-13-10-14(20)8-9-17(13)21/h4-11H,12H2,1-3H3. The fourth-order valence-corrected chi connectivity index (χ4v) is 3.74. The van der Waals surface area contributed by atoms with Crippen molar-refractivity contribution < 1.29 is 9.53 Å². The molecule has 0 fully saturated rings. The second-order valence-electron chi connectivity index (χ2n) is 5.52. The molecule has 0 aromatic heterocycles. The maximum absolute atomic E-state index is 12.2. The van der Waals surface area contributed by atoms with E-state index >= 15 is 0 Å². The number of hydrogen-bond donors (Lipinski definition) is 0. The fraction of sp³-hybridized carbons (Fsp3) is 0.211. The van der Waals surface area contributed by atoms with Crippen molar-refractivity contribution in [1.82, 2.24) is 4.90 Å². The predicted octanol–water partition coefficient (Wildman–Crippen LogP) is 5.36. The summed E-state index contributed by atoms with van der Waals surface area (Å²) in [4.78, 5) is 15.0. The number of methoxy groups -OCH3 is 1. The van der Waals surface area contributed by atoms with Crippen LogP contribution < -0.4 is 0 Å². The Kier molecular flexibility index (Phi) is 7.24. The molecule has 2 aromatic rings. The molecule has 0 aliphatic rings. The Labute approximate surface area is 162 Å². The summed E-state index contributed by atoms with van der Waals surface area (Å²) < 4.78 is 4.94. The first-order chi connectivity index (χ1) is 11.9. The maximum Gasteiger partial charge on any atom is 0.339 e. The lowest BCUT2D eigenvalue weighted by Crippen LogP contribution is -2.10. The van der Waals surface area contributed by atoms with Crippen LogP contribution in [0.15, 0.2) is 53.6 Å². The largest absolute Gasteiger partial charge is 0.465 e. The number of nitrogens with zero attached hydrogens (tertiary/aromatic N) is 1. The third-order valence-electron chi connectivity index (χ3n) is 3.36. The summed E-state index contributed by atoms with van der Waals surface area (Å²) in [6.07, 6.45) is 1.76. The van der Waals surface area contributed by atoms with E-state index in [0.717, 1.165) is 16.0 Å². The van der Waals surface area contributed by atoms with Gasteiger partial charge in [-0.15, -0.1) is 11.8 Å². The first-order valence-electron chi connectivity index (χ1n) is 7.55. The number of thioether (sulfide) groups is 1. The van der Waals surface area contributed by atoms with E-state index in [2.05, 4.69) is 0 Å². The summed E-state index contributed by atoms with van der Waals surface area (Å²) in [7, 11) is 5.11. The van der Waals surface area contributed by atoms with Gasteiger partial charge < -0.3 is 9.64 Å². The van der Waals surface area contributed by atoms with Gasteiger partial charge in [-0.2, -0.15) is 0 Å². The van der Waals surface area contributed by atoms with Gasteiger partial charge in [0.1, 0.15) is 0 Å². The van der Waals surface area contributed by atoms with Gasteiger partial charge in [-0.1, -0.05) is 41.4 Å².